The van der Waals surface area contributed by atoms with Gasteiger partial charge in [-0.25, -0.2) is 0 Å². The van der Waals surface area contributed by atoms with Gasteiger partial charge in [-0.15, -0.1) is 11.8 Å². The molecule has 0 aliphatic carbocycles. The normalized spacial score (nSPS) is 16.9. The summed E-state index contributed by atoms with van der Waals surface area (Å²) in [4.78, 5) is 14.7. The van der Waals surface area contributed by atoms with Crippen molar-refractivity contribution >= 4 is 23.2 Å². The lowest BCUT2D eigenvalue weighted by molar-refractivity contribution is -0.119. The molecule has 0 unspecified atom stereocenters. The standard InChI is InChI=1S/C12H15NOS/c1-15-12-4-2-3-10(9-12)13-7-5-11(14)6-8-13/h2-4,9H,5-8H2,1H3. The highest BCUT2D eigenvalue weighted by Crippen LogP contribution is 2.23. The second kappa shape index (κ2) is 4.71. The molecule has 0 amide bonds. The predicted molar refractivity (Wildman–Crippen MR) is 64.7 cm³/mol. The first kappa shape index (κ1) is 10.6. The Labute approximate surface area is 94.7 Å². The van der Waals surface area contributed by atoms with Crippen LogP contribution >= 0.6 is 11.8 Å². The first-order valence-corrected chi connectivity index (χ1v) is 6.43. The summed E-state index contributed by atoms with van der Waals surface area (Å²) in [6.45, 7) is 1.74. The fourth-order valence-electron chi connectivity index (χ4n) is 1.82. The van der Waals surface area contributed by atoms with E-state index in [4.69, 9.17) is 0 Å². The molecule has 1 fully saturated rings. The van der Waals surface area contributed by atoms with E-state index >= 15 is 0 Å². The maximum absolute atomic E-state index is 11.1. The van der Waals surface area contributed by atoms with Crippen LogP contribution in [0.5, 0.6) is 0 Å². The molecule has 1 aromatic rings. The zero-order valence-electron chi connectivity index (χ0n) is 8.90. The molecule has 0 N–H and O–H groups in total. The van der Waals surface area contributed by atoms with Crippen LogP contribution in [0.1, 0.15) is 12.8 Å². The van der Waals surface area contributed by atoms with Gasteiger partial charge in [0.25, 0.3) is 0 Å². The molecule has 3 heteroatoms. The number of thioether (sulfide) groups is 1. The van der Waals surface area contributed by atoms with E-state index in [0.29, 0.717) is 18.6 Å². The Hall–Kier alpha value is -0.960. The zero-order valence-corrected chi connectivity index (χ0v) is 9.72. The molecule has 2 nitrogen and oxygen atoms in total. The summed E-state index contributed by atoms with van der Waals surface area (Å²) in [6.07, 6.45) is 3.48. The largest absolute Gasteiger partial charge is 0.371 e. The van der Waals surface area contributed by atoms with Gasteiger partial charge in [-0.2, -0.15) is 0 Å². The van der Waals surface area contributed by atoms with Crippen LogP contribution in [0, 0.1) is 0 Å². The number of anilines is 1. The third-order valence-corrected chi connectivity index (χ3v) is 3.46. The molecular formula is C12H15NOS. The van der Waals surface area contributed by atoms with Crippen LogP contribution in [0.3, 0.4) is 0 Å². The quantitative estimate of drug-likeness (QED) is 0.716. The van der Waals surface area contributed by atoms with Crippen LogP contribution in [0.2, 0.25) is 0 Å². The van der Waals surface area contributed by atoms with E-state index in [-0.39, 0.29) is 0 Å². The van der Waals surface area contributed by atoms with Crippen molar-refractivity contribution in [3.63, 3.8) is 0 Å². The molecule has 0 spiro atoms. The SMILES string of the molecule is CSc1cccc(N2CCC(=O)CC2)c1. The Bertz CT molecular complexity index is 354. The molecular weight excluding hydrogens is 206 g/mol. The maximum atomic E-state index is 11.1. The van der Waals surface area contributed by atoms with Crippen molar-refractivity contribution in [1.29, 1.82) is 0 Å². The highest BCUT2D eigenvalue weighted by atomic mass is 32.2. The summed E-state index contributed by atoms with van der Waals surface area (Å²) in [7, 11) is 0. The fraction of sp³-hybridized carbons (Fsp3) is 0.417. The second-order valence-electron chi connectivity index (χ2n) is 3.73. The van der Waals surface area contributed by atoms with E-state index in [1.54, 1.807) is 11.8 Å². The minimum Gasteiger partial charge on any atom is -0.371 e. The fourth-order valence-corrected chi connectivity index (χ4v) is 2.27. The van der Waals surface area contributed by atoms with Gasteiger partial charge in [0.05, 0.1) is 0 Å². The highest BCUT2D eigenvalue weighted by molar-refractivity contribution is 7.98. The minimum absolute atomic E-state index is 0.396. The van der Waals surface area contributed by atoms with E-state index in [1.807, 2.05) is 0 Å². The molecule has 1 aliphatic rings. The zero-order chi connectivity index (χ0) is 10.7. The summed E-state index contributed by atoms with van der Waals surface area (Å²) in [6, 6.07) is 8.51. The Morgan fingerprint density at radius 2 is 2.00 bits per heavy atom. The number of Topliss-reactive ketones (excluding diaryl/α,β-unsaturated/α-hetero) is 1. The lowest BCUT2D eigenvalue weighted by Crippen LogP contribution is -2.33. The van der Waals surface area contributed by atoms with Crippen molar-refractivity contribution < 1.29 is 4.79 Å². The van der Waals surface area contributed by atoms with Crippen LogP contribution in [-0.2, 0) is 4.79 Å². The number of ketones is 1. The Morgan fingerprint density at radius 1 is 1.27 bits per heavy atom. The van der Waals surface area contributed by atoms with E-state index < -0.39 is 0 Å². The maximum Gasteiger partial charge on any atom is 0.136 e. The van der Waals surface area contributed by atoms with Crippen LogP contribution in [0.15, 0.2) is 29.2 Å². The molecule has 2 rings (SSSR count). The molecule has 0 atom stereocenters. The summed E-state index contributed by atoms with van der Waals surface area (Å²) >= 11 is 1.75. The van der Waals surface area contributed by atoms with Gasteiger partial charge in [0.15, 0.2) is 0 Å². The van der Waals surface area contributed by atoms with E-state index in [1.165, 1.54) is 10.6 Å². The van der Waals surface area contributed by atoms with Crippen molar-refractivity contribution in [3.05, 3.63) is 24.3 Å². The summed E-state index contributed by atoms with van der Waals surface area (Å²) < 4.78 is 0. The predicted octanol–water partition coefficient (Wildman–Crippen LogP) is 2.58. The monoisotopic (exact) mass is 221 g/mol. The lowest BCUT2D eigenvalue weighted by atomic mass is 10.1. The molecule has 0 aromatic heterocycles. The molecule has 1 saturated heterocycles. The molecule has 1 heterocycles. The first-order chi connectivity index (χ1) is 7.29. The third-order valence-electron chi connectivity index (χ3n) is 2.74. The van der Waals surface area contributed by atoms with Gasteiger partial charge in [-0.1, -0.05) is 6.07 Å². The molecule has 15 heavy (non-hydrogen) atoms. The number of carbonyl (C=O) groups is 1. The number of carbonyl (C=O) groups excluding carboxylic acids is 1. The van der Waals surface area contributed by atoms with E-state index in [2.05, 4.69) is 35.4 Å². The Kier molecular flexibility index (Phi) is 3.31. The molecule has 1 aliphatic heterocycles. The van der Waals surface area contributed by atoms with Crippen molar-refractivity contribution in [3.8, 4) is 0 Å². The lowest BCUT2D eigenvalue weighted by Gasteiger charge is -2.28. The van der Waals surface area contributed by atoms with Gasteiger partial charge in [0, 0.05) is 36.5 Å². The Morgan fingerprint density at radius 3 is 2.67 bits per heavy atom. The van der Waals surface area contributed by atoms with Gasteiger partial charge in [-0.05, 0) is 24.5 Å². The number of hydrogen-bond donors (Lipinski definition) is 0. The topological polar surface area (TPSA) is 20.3 Å². The molecule has 80 valence electrons. The number of hydrogen-bond acceptors (Lipinski definition) is 3. The molecule has 1 aromatic carbocycles. The van der Waals surface area contributed by atoms with Crippen LogP contribution in [0.25, 0.3) is 0 Å². The summed E-state index contributed by atoms with van der Waals surface area (Å²) in [5.74, 6) is 0.396. The smallest absolute Gasteiger partial charge is 0.136 e. The van der Waals surface area contributed by atoms with E-state index in [9.17, 15) is 4.79 Å². The van der Waals surface area contributed by atoms with Crippen LogP contribution in [-0.4, -0.2) is 25.1 Å². The van der Waals surface area contributed by atoms with Gasteiger partial charge in [0.2, 0.25) is 0 Å². The summed E-state index contributed by atoms with van der Waals surface area (Å²) in [5, 5.41) is 0. The highest BCUT2D eigenvalue weighted by Gasteiger charge is 2.16. The van der Waals surface area contributed by atoms with Gasteiger partial charge < -0.3 is 4.90 Å². The Balaban J connectivity index is 2.11. The molecule has 0 bridgehead atoms. The number of piperidine rings is 1. The van der Waals surface area contributed by atoms with Crippen LogP contribution < -0.4 is 4.90 Å². The van der Waals surface area contributed by atoms with Crippen molar-refractivity contribution in [1.82, 2.24) is 0 Å². The van der Waals surface area contributed by atoms with Gasteiger partial charge in [-0.3, -0.25) is 4.79 Å². The van der Waals surface area contributed by atoms with Gasteiger partial charge >= 0.3 is 0 Å². The number of nitrogens with zero attached hydrogens (tertiary/aromatic N) is 1. The average Bonchev–Trinajstić information content (AvgIpc) is 2.30. The second-order valence-corrected chi connectivity index (χ2v) is 4.61. The van der Waals surface area contributed by atoms with Gasteiger partial charge in [0.1, 0.15) is 5.78 Å². The molecule has 0 saturated carbocycles. The molecule has 0 radical (unpaired) electrons. The summed E-state index contributed by atoms with van der Waals surface area (Å²) in [5.41, 5.74) is 1.24. The average molecular weight is 221 g/mol. The van der Waals surface area contributed by atoms with Crippen molar-refractivity contribution in [2.75, 3.05) is 24.2 Å². The van der Waals surface area contributed by atoms with Crippen molar-refractivity contribution in [2.45, 2.75) is 17.7 Å². The van der Waals surface area contributed by atoms with E-state index in [0.717, 1.165) is 13.1 Å². The number of benzene rings is 1. The third kappa shape index (κ3) is 2.53. The number of rotatable bonds is 2. The van der Waals surface area contributed by atoms with Crippen LogP contribution in [0.4, 0.5) is 5.69 Å². The minimum atomic E-state index is 0.396. The van der Waals surface area contributed by atoms with Crippen molar-refractivity contribution in [2.24, 2.45) is 0 Å². The first-order valence-electron chi connectivity index (χ1n) is 5.20.